The van der Waals surface area contributed by atoms with E-state index in [1.807, 2.05) is 32.0 Å². The highest BCUT2D eigenvalue weighted by molar-refractivity contribution is 5.69. The molecule has 29 heavy (non-hydrogen) atoms. The monoisotopic (exact) mass is 396 g/mol. The Hall–Kier alpha value is -2.42. The average molecular weight is 397 g/mol. The van der Waals surface area contributed by atoms with Gasteiger partial charge in [0.2, 0.25) is 0 Å². The van der Waals surface area contributed by atoms with Crippen LogP contribution in [0.1, 0.15) is 87.5 Å². The van der Waals surface area contributed by atoms with Gasteiger partial charge < -0.3 is 9.53 Å². The fraction of sp³-hybridized carbons (Fsp3) is 0.462. The molecule has 158 valence electrons. The van der Waals surface area contributed by atoms with E-state index < -0.39 is 0 Å². The second-order valence-electron chi connectivity index (χ2n) is 7.94. The van der Waals surface area contributed by atoms with Gasteiger partial charge in [0.1, 0.15) is 6.29 Å². The molecular weight excluding hydrogens is 360 g/mol. The summed E-state index contributed by atoms with van der Waals surface area (Å²) < 4.78 is 5.16. The van der Waals surface area contributed by atoms with E-state index >= 15 is 0 Å². The van der Waals surface area contributed by atoms with Gasteiger partial charge in [0.15, 0.2) is 0 Å². The van der Waals surface area contributed by atoms with E-state index in [4.69, 9.17) is 4.74 Å². The topological polar surface area (TPSA) is 43.4 Å². The van der Waals surface area contributed by atoms with E-state index in [0.717, 1.165) is 18.3 Å². The molecule has 0 aliphatic carbocycles. The summed E-state index contributed by atoms with van der Waals surface area (Å²) in [6, 6.07) is 16.5. The highest BCUT2D eigenvalue weighted by atomic mass is 16.5. The van der Waals surface area contributed by atoms with Crippen molar-refractivity contribution in [3.63, 3.8) is 0 Å². The number of carbonyl (C=O) groups is 2. The van der Waals surface area contributed by atoms with Gasteiger partial charge in [0.25, 0.3) is 0 Å². The number of aldehydes is 1. The Kier molecular flexibility index (Phi) is 11.0. The lowest BCUT2D eigenvalue weighted by molar-refractivity contribution is -0.144. The van der Waals surface area contributed by atoms with E-state index in [2.05, 4.69) is 58.0 Å². The number of rotatable bonds is 8. The summed E-state index contributed by atoms with van der Waals surface area (Å²) in [5.74, 6) is 0.703. The van der Waals surface area contributed by atoms with Gasteiger partial charge in [-0.3, -0.25) is 4.79 Å². The summed E-state index contributed by atoms with van der Waals surface area (Å²) in [4.78, 5) is 21.9. The lowest BCUT2D eigenvalue weighted by Crippen LogP contribution is -2.10. The first kappa shape index (κ1) is 24.6. The summed E-state index contributed by atoms with van der Waals surface area (Å²) in [6.45, 7) is 12.8. The van der Waals surface area contributed by atoms with E-state index in [-0.39, 0.29) is 17.8 Å². The summed E-state index contributed by atoms with van der Waals surface area (Å²) >= 11 is 0. The van der Waals surface area contributed by atoms with Gasteiger partial charge >= 0.3 is 5.97 Å². The van der Waals surface area contributed by atoms with Crippen LogP contribution >= 0.6 is 0 Å². The number of benzene rings is 2. The Morgan fingerprint density at radius 1 is 1.00 bits per heavy atom. The quantitative estimate of drug-likeness (QED) is 0.375. The van der Waals surface area contributed by atoms with Crippen molar-refractivity contribution in [2.24, 2.45) is 0 Å². The predicted octanol–water partition coefficient (Wildman–Crippen LogP) is 6.55. The van der Waals surface area contributed by atoms with E-state index in [1.54, 1.807) is 0 Å². The molecule has 3 heteroatoms. The van der Waals surface area contributed by atoms with Crippen LogP contribution in [0.4, 0.5) is 0 Å². The van der Waals surface area contributed by atoms with Crippen molar-refractivity contribution in [1.29, 1.82) is 0 Å². The van der Waals surface area contributed by atoms with Crippen LogP contribution in [0.15, 0.2) is 48.5 Å². The summed E-state index contributed by atoms with van der Waals surface area (Å²) in [7, 11) is 0. The van der Waals surface area contributed by atoms with E-state index in [9.17, 15) is 9.59 Å². The van der Waals surface area contributed by atoms with Crippen molar-refractivity contribution in [2.45, 2.75) is 72.1 Å². The molecule has 0 aliphatic rings. The Morgan fingerprint density at radius 3 is 2.21 bits per heavy atom. The van der Waals surface area contributed by atoms with E-state index in [0.29, 0.717) is 18.9 Å². The second kappa shape index (κ2) is 12.9. The van der Waals surface area contributed by atoms with Gasteiger partial charge in [-0.2, -0.15) is 0 Å². The number of aryl methyl sites for hydroxylation is 1. The minimum Gasteiger partial charge on any atom is -0.465 e. The number of ether oxygens (including phenoxy) is 1. The smallest absolute Gasteiger partial charge is 0.305 e. The molecule has 0 bridgehead atoms. The molecule has 0 amide bonds. The van der Waals surface area contributed by atoms with Crippen molar-refractivity contribution in [3.05, 3.63) is 70.8 Å². The van der Waals surface area contributed by atoms with Crippen LogP contribution in [0.3, 0.4) is 0 Å². The van der Waals surface area contributed by atoms with Gasteiger partial charge in [-0.1, -0.05) is 83.1 Å². The van der Waals surface area contributed by atoms with Crippen LogP contribution in [-0.4, -0.2) is 18.9 Å². The third-order valence-corrected chi connectivity index (χ3v) is 4.98. The summed E-state index contributed by atoms with van der Waals surface area (Å²) in [5, 5.41) is 0. The molecule has 0 saturated heterocycles. The highest BCUT2D eigenvalue weighted by Gasteiger charge is 2.09. The molecule has 2 rings (SSSR count). The molecule has 0 aromatic heterocycles. The lowest BCUT2D eigenvalue weighted by atomic mass is 9.92. The van der Waals surface area contributed by atoms with Crippen molar-refractivity contribution >= 4 is 12.3 Å². The third-order valence-electron chi connectivity index (χ3n) is 4.98. The van der Waals surface area contributed by atoms with Crippen LogP contribution in [0.2, 0.25) is 0 Å². The molecule has 2 aromatic carbocycles. The molecule has 0 fully saturated rings. The van der Waals surface area contributed by atoms with Crippen LogP contribution in [0.25, 0.3) is 0 Å². The molecule has 0 radical (unpaired) electrons. The maximum Gasteiger partial charge on any atom is 0.305 e. The molecule has 0 aliphatic heterocycles. The van der Waals surface area contributed by atoms with Crippen LogP contribution in [-0.2, 0) is 14.3 Å². The first-order valence-corrected chi connectivity index (χ1v) is 10.6. The molecule has 2 unspecified atom stereocenters. The Morgan fingerprint density at radius 2 is 1.66 bits per heavy atom. The number of esters is 1. The largest absolute Gasteiger partial charge is 0.465 e. The highest BCUT2D eigenvalue weighted by Crippen LogP contribution is 2.23. The molecule has 2 atom stereocenters. The Bertz CT molecular complexity index is 750. The molecule has 0 N–H and O–H groups in total. The normalized spacial score (nSPS) is 12.5. The first-order valence-electron chi connectivity index (χ1n) is 10.6. The number of hydrogen-bond acceptors (Lipinski definition) is 3. The minimum absolute atomic E-state index is 0.00806. The molecular formula is C26H36O3. The lowest BCUT2D eigenvalue weighted by Gasteiger charge is -2.13. The van der Waals surface area contributed by atoms with Gasteiger partial charge in [-0.05, 0) is 41.5 Å². The molecule has 3 nitrogen and oxygen atoms in total. The molecule has 0 saturated carbocycles. The van der Waals surface area contributed by atoms with Crippen LogP contribution in [0.5, 0.6) is 0 Å². The third kappa shape index (κ3) is 8.64. The number of hydrogen-bond donors (Lipinski definition) is 0. The molecule has 2 aromatic rings. The van der Waals surface area contributed by atoms with Crippen LogP contribution < -0.4 is 0 Å². The maximum absolute atomic E-state index is 11.2. The van der Waals surface area contributed by atoms with Crippen molar-refractivity contribution in [3.8, 4) is 0 Å². The van der Waals surface area contributed by atoms with Crippen molar-refractivity contribution < 1.29 is 14.3 Å². The van der Waals surface area contributed by atoms with Gasteiger partial charge in [-0.25, -0.2) is 0 Å². The zero-order chi connectivity index (χ0) is 21.8. The summed E-state index contributed by atoms with van der Waals surface area (Å²) in [5.41, 5.74) is 4.88. The summed E-state index contributed by atoms with van der Waals surface area (Å²) in [6.07, 6.45) is 2.37. The number of carbonyl (C=O) groups excluding carboxylic acids is 2. The van der Waals surface area contributed by atoms with Gasteiger partial charge in [0, 0.05) is 18.3 Å². The van der Waals surface area contributed by atoms with Crippen molar-refractivity contribution in [1.82, 2.24) is 0 Å². The Balaban J connectivity index is 0.000000291. The fourth-order valence-electron chi connectivity index (χ4n) is 2.95. The molecule has 0 spiro atoms. The first-order chi connectivity index (χ1) is 13.8. The zero-order valence-electron chi connectivity index (χ0n) is 18.8. The van der Waals surface area contributed by atoms with E-state index in [1.165, 1.54) is 16.7 Å². The minimum atomic E-state index is -0.0970. The average Bonchev–Trinajstić information content (AvgIpc) is 2.73. The fourth-order valence-corrected chi connectivity index (χ4v) is 2.95. The maximum atomic E-state index is 11.2. The SMILES string of the molecule is CCCC(=O)OCC(C)c1ccccc1.Cc1ccc(C(C)C)cc1C(C)C=O. The van der Waals surface area contributed by atoms with Gasteiger partial charge in [-0.15, -0.1) is 0 Å². The zero-order valence-corrected chi connectivity index (χ0v) is 18.8. The van der Waals surface area contributed by atoms with Crippen molar-refractivity contribution in [2.75, 3.05) is 6.61 Å². The second-order valence-corrected chi connectivity index (χ2v) is 7.94. The standard InChI is InChI=1S/C13H18O2.C13H18O/c1-3-7-13(14)15-10-11(2)12-8-5-4-6-9-12;1-9(2)12-6-5-10(3)13(7-12)11(4)8-14/h4-6,8-9,11H,3,7,10H2,1-2H3;5-9,11H,1-4H3. The van der Waals surface area contributed by atoms with Crippen LogP contribution in [0, 0.1) is 6.92 Å². The predicted molar refractivity (Wildman–Crippen MR) is 120 cm³/mol. The van der Waals surface area contributed by atoms with Gasteiger partial charge in [0.05, 0.1) is 6.61 Å². The Labute approximate surface area is 176 Å². The molecule has 0 heterocycles.